The highest BCUT2D eigenvalue weighted by Crippen LogP contribution is 2.33. The molecule has 2 aromatic rings. The molecule has 2 heterocycles. The summed E-state index contributed by atoms with van der Waals surface area (Å²) in [5.41, 5.74) is 2.23. The maximum Gasteiger partial charge on any atom is 0.321 e. The molecule has 1 N–H and O–H groups in total. The van der Waals surface area contributed by atoms with Crippen LogP contribution in [0.15, 0.2) is 42.5 Å². The predicted molar refractivity (Wildman–Crippen MR) is 125 cm³/mol. The van der Waals surface area contributed by atoms with Gasteiger partial charge in [0.25, 0.3) is 5.69 Å². The summed E-state index contributed by atoms with van der Waals surface area (Å²) >= 11 is 0. The van der Waals surface area contributed by atoms with Crippen molar-refractivity contribution in [2.45, 2.75) is 19.3 Å². The summed E-state index contributed by atoms with van der Waals surface area (Å²) in [6, 6.07) is 11.5. The third-order valence-corrected chi connectivity index (χ3v) is 6.04. The number of amides is 3. The average Bonchev–Trinajstić information content (AvgIpc) is 2.84. The molecule has 2 aliphatic rings. The number of piperidine rings is 1. The van der Waals surface area contributed by atoms with E-state index in [-0.39, 0.29) is 17.6 Å². The van der Waals surface area contributed by atoms with Crippen molar-refractivity contribution >= 4 is 34.7 Å². The van der Waals surface area contributed by atoms with E-state index in [2.05, 4.69) is 10.2 Å². The minimum Gasteiger partial charge on any atom is -0.495 e. The van der Waals surface area contributed by atoms with Crippen LogP contribution in [0.3, 0.4) is 0 Å². The Morgan fingerprint density at radius 3 is 2.39 bits per heavy atom. The van der Waals surface area contributed by atoms with Crippen molar-refractivity contribution in [2.24, 2.45) is 0 Å². The lowest BCUT2D eigenvalue weighted by Gasteiger charge is -2.36. The number of ether oxygens (including phenoxy) is 1. The normalized spacial score (nSPS) is 16.5. The molecule has 10 heteroatoms. The molecule has 10 nitrogen and oxygen atoms in total. The summed E-state index contributed by atoms with van der Waals surface area (Å²) in [7, 11) is 1.57. The second kappa shape index (κ2) is 9.76. The van der Waals surface area contributed by atoms with Gasteiger partial charge in [-0.05, 0) is 43.2 Å². The summed E-state index contributed by atoms with van der Waals surface area (Å²) in [6.07, 6.45) is 2.34. The maximum absolute atomic E-state index is 12.8. The van der Waals surface area contributed by atoms with Gasteiger partial charge in [0.05, 0.1) is 17.7 Å². The number of methoxy groups -OCH3 is 1. The summed E-state index contributed by atoms with van der Waals surface area (Å²) in [4.78, 5) is 41.2. The van der Waals surface area contributed by atoms with Crippen LogP contribution in [0.25, 0.3) is 0 Å². The minimum absolute atomic E-state index is 0.0573. The first-order valence-corrected chi connectivity index (χ1v) is 11.0. The number of benzene rings is 2. The maximum atomic E-state index is 12.8. The van der Waals surface area contributed by atoms with Crippen LogP contribution >= 0.6 is 0 Å². The fourth-order valence-electron chi connectivity index (χ4n) is 4.19. The highest BCUT2D eigenvalue weighted by molar-refractivity contribution is 5.97. The molecule has 0 atom stereocenters. The quantitative estimate of drug-likeness (QED) is 0.549. The molecule has 0 aromatic heterocycles. The van der Waals surface area contributed by atoms with Crippen LogP contribution in [0.4, 0.5) is 27.5 Å². The van der Waals surface area contributed by atoms with Crippen LogP contribution < -0.4 is 19.9 Å². The number of carbonyl (C=O) groups is 2. The van der Waals surface area contributed by atoms with Crippen LogP contribution in [-0.4, -0.2) is 61.6 Å². The van der Waals surface area contributed by atoms with Gasteiger partial charge in [0, 0.05) is 62.7 Å². The molecule has 3 amide bonds. The zero-order valence-electron chi connectivity index (χ0n) is 18.5. The number of carbonyl (C=O) groups excluding carboxylic acids is 2. The van der Waals surface area contributed by atoms with Gasteiger partial charge in [-0.1, -0.05) is 0 Å². The van der Waals surface area contributed by atoms with Crippen LogP contribution in [0.5, 0.6) is 5.75 Å². The summed E-state index contributed by atoms with van der Waals surface area (Å²) in [5.74, 6) is 0.658. The number of anilines is 3. The molecular weight excluding hydrogens is 426 g/mol. The monoisotopic (exact) mass is 453 g/mol. The Hall–Kier alpha value is -3.82. The van der Waals surface area contributed by atoms with E-state index in [4.69, 9.17) is 4.74 Å². The zero-order chi connectivity index (χ0) is 23.4. The Morgan fingerprint density at radius 1 is 1.03 bits per heavy atom. The van der Waals surface area contributed by atoms with Gasteiger partial charge in [-0.3, -0.25) is 14.9 Å². The van der Waals surface area contributed by atoms with Crippen LogP contribution in [0, 0.1) is 10.1 Å². The zero-order valence-corrected chi connectivity index (χ0v) is 18.5. The molecule has 2 aliphatic heterocycles. The Kier molecular flexibility index (Phi) is 6.62. The first kappa shape index (κ1) is 22.4. The topological polar surface area (TPSA) is 108 Å². The molecule has 0 bridgehead atoms. The van der Waals surface area contributed by atoms with Gasteiger partial charge in [-0.15, -0.1) is 0 Å². The number of piperazine rings is 1. The number of non-ortho nitro benzene ring substituents is 1. The number of nitro benzene ring substituents is 1. The van der Waals surface area contributed by atoms with Gasteiger partial charge in [-0.2, -0.15) is 0 Å². The van der Waals surface area contributed by atoms with Gasteiger partial charge in [0.1, 0.15) is 5.75 Å². The van der Waals surface area contributed by atoms with E-state index in [9.17, 15) is 19.7 Å². The van der Waals surface area contributed by atoms with E-state index in [1.165, 1.54) is 12.1 Å². The van der Waals surface area contributed by atoms with Gasteiger partial charge in [-0.25, -0.2) is 4.79 Å². The Morgan fingerprint density at radius 2 is 1.76 bits per heavy atom. The Balaban J connectivity index is 1.38. The van der Waals surface area contributed by atoms with Gasteiger partial charge >= 0.3 is 6.03 Å². The van der Waals surface area contributed by atoms with Crippen molar-refractivity contribution < 1.29 is 19.2 Å². The molecule has 0 unspecified atom stereocenters. The van der Waals surface area contributed by atoms with Crippen molar-refractivity contribution in [1.82, 2.24) is 4.90 Å². The number of nitrogens with one attached hydrogen (secondary N) is 1. The minimum atomic E-state index is -0.419. The SMILES string of the molecule is COc1ccc(NC(=O)N2CCN(c3ccc([N+](=O)[O-])cc3)CC2)cc1N1CCCCC1=O. The first-order chi connectivity index (χ1) is 16.0. The molecule has 2 saturated heterocycles. The fraction of sp³-hybridized carbons (Fsp3) is 0.391. The number of nitrogens with zero attached hydrogens (tertiary/aromatic N) is 4. The molecule has 2 aromatic carbocycles. The Bertz CT molecular complexity index is 1030. The average molecular weight is 453 g/mol. The standard InChI is InChI=1S/C23H27N5O5/c1-33-21-10-5-17(16-20(21)27-11-3-2-4-22(27)29)24-23(30)26-14-12-25(13-15-26)18-6-8-19(9-7-18)28(31)32/h5-10,16H,2-4,11-15H2,1H3,(H,24,30). The van der Waals surface area contributed by atoms with E-state index in [0.717, 1.165) is 18.5 Å². The van der Waals surface area contributed by atoms with Gasteiger partial charge in [0.2, 0.25) is 5.91 Å². The van der Waals surface area contributed by atoms with Crippen LogP contribution in [-0.2, 0) is 4.79 Å². The number of urea groups is 1. The highest BCUT2D eigenvalue weighted by Gasteiger charge is 2.25. The number of hydrogen-bond donors (Lipinski definition) is 1. The third-order valence-electron chi connectivity index (χ3n) is 6.04. The molecule has 2 fully saturated rings. The van der Waals surface area contributed by atoms with Crippen molar-refractivity contribution in [3.05, 3.63) is 52.6 Å². The van der Waals surface area contributed by atoms with Gasteiger partial charge in [0.15, 0.2) is 0 Å². The fourth-order valence-corrected chi connectivity index (χ4v) is 4.19. The largest absolute Gasteiger partial charge is 0.495 e. The van der Waals surface area contributed by atoms with Crippen molar-refractivity contribution in [3.8, 4) is 5.75 Å². The van der Waals surface area contributed by atoms with Crippen LogP contribution in [0.1, 0.15) is 19.3 Å². The number of hydrogen-bond acceptors (Lipinski definition) is 6. The molecule has 0 saturated carbocycles. The summed E-state index contributed by atoms with van der Waals surface area (Å²) in [6.45, 7) is 2.94. The van der Waals surface area contributed by atoms with Crippen molar-refractivity contribution in [1.29, 1.82) is 0 Å². The Labute approximate surface area is 191 Å². The molecule has 4 rings (SSSR count). The van der Waals surface area contributed by atoms with E-state index in [1.807, 2.05) is 0 Å². The number of nitro groups is 1. The molecule has 0 spiro atoms. The lowest BCUT2D eigenvalue weighted by Crippen LogP contribution is -2.50. The molecule has 33 heavy (non-hydrogen) atoms. The lowest BCUT2D eigenvalue weighted by atomic mass is 10.1. The first-order valence-electron chi connectivity index (χ1n) is 11.0. The molecule has 174 valence electrons. The van der Waals surface area contributed by atoms with E-state index < -0.39 is 4.92 Å². The predicted octanol–water partition coefficient (Wildman–Crippen LogP) is 3.47. The number of rotatable bonds is 5. The molecule has 0 radical (unpaired) electrons. The summed E-state index contributed by atoms with van der Waals surface area (Å²) < 4.78 is 5.44. The lowest BCUT2D eigenvalue weighted by molar-refractivity contribution is -0.384. The van der Waals surface area contributed by atoms with Crippen molar-refractivity contribution in [3.63, 3.8) is 0 Å². The summed E-state index contributed by atoms with van der Waals surface area (Å²) in [5, 5.41) is 13.8. The third kappa shape index (κ3) is 5.00. The second-order valence-corrected chi connectivity index (χ2v) is 8.07. The second-order valence-electron chi connectivity index (χ2n) is 8.07. The van der Waals surface area contributed by atoms with Crippen molar-refractivity contribution in [2.75, 3.05) is 55.0 Å². The van der Waals surface area contributed by atoms with Crippen LogP contribution in [0.2, 0.25) is 0 Å². The highest BCUT2D eigenvalue weighted by atomic mass is 16.6. The van der Waals surface area contributed by atoms with E-state index >= 15 is 0 Å². The molecule has 0 aliphatic carbocycles. The smallest absolute Gasteiger partial charge is 0.321 e. The van der Waals surface area contributed by atoms with E-state index in [1.54, 1.807) is 47.2 Å². The molecular formula is C23H27N5O5. The van der Waals surface area contributed by atoms with E-state index in [0.29, 0.717) is 56.3 Å². The van der Waals surface area contributed by atoms with Gasteiger partial charge < -0.3 is 24.8 Å².